The zero-order chi connectivity index (χ0) is 15.0. The Balaban J connectivity index is 2.00. The third kappa shape index (κ3) is 2.38. The average Bonchev–Trinajstić information content (AvgIpc) is 2.95. The third-order valence-electron chi connectivity index (χ3n) is 5.42. The zero-order valence-corrected chi connectivity index (χ0v) is 13.0. The van der Waals surface area contributed by atoms with E-state index in [9.17, 15) is 0 Å². The van der Waals surface area contributed by atoms with Crippen LogP contribution in [0.15, 0.2) is 36.7 Å². The lowest BCUT2D eigenvalue weighted by molar-refractivity contribution is 0.0938. The number of hydrogen-bond donors (Lipinski definition) is 1. The predicted molar refractivity (Wildman–Crippen MR) is 84.3 cm³/mol. The standard InChI is InChI=1S/C17H24N4/c1-12-15(18)10-9-14(17(12,2)3)16-20-19-11-21(16)13-7-5-4-6-8-13/h4-8,11-12,14-15H,9-10,18H2,1-3H3. The predicted octanol–water partition coefficient (Wildman–Crippen LogP) is 3.13. The number of benzene rings is 1. The number of nitrogens with zero attached hydrogens (tertiary/aromatic N) is 3. The van der Waals surface area contributed by atoms with Gasteiger partial charge in [0, 0.05) is 17.6 Å². The van der Waals surface area contributed by atoms with E-state index in [0.717, 1.165) is 24.4 Å². The van der Waals surface area contributed by atoms with E-state index < -0.39 is 0 Å². The first-order chi connectivity index (χ1) is 10.0. The normalized spacial score (nSPS) is 28.5. The summed E-state index contributed by atoms with van der Waals surface area (Å²) in [6, 6.07) is 10.6. The molecule has 1 aliphatic rings. The van der Waals surface area contributed by atoms with Gasteiger partial charge >= 0.3 is 0 Å². The first kappa shape index (κ1) is 14.3. The lowest BCUT2D eigenvalue weighted by Crippen LogP contribution is -2.46. The van der Waals surface area contributed by atoms with Crippen LogP contribution < -0.4 is 5.73 Å². The second-order valence-corrected chi connectivity index (χ2v) is 6.80. The Morgan fingerprint density at radius 2 is 1.90 bits per heavy atom. The molecule has 0 saturated heterocycles. The fourth-order valence-electron chi connectivity index (χ4n) is 3.58. The number of rotatable bonds is 2. The molecule has 1 saturated carbocycles. The fraction of sp³-hybridized carbons (Fsp3) is 0.529. The maximum absolute atomic E-state index is 6.28. The summed E-state index contributed by atoms with van der Waals surface area (Å²) in [6.07, 6.45) is 3.95. The van der Waals surface area contributed by atoms with Crippen molar-refractivity contribution >= 4 is 0 Å². The number of nitrogens with two attached hydrogens (primary N) is 1. The molecule has 112 valence electrons. The summed E-state index contributed by atoms with van der Waals surface area (Å²) in [5, 5.41) is 8.61. The Morgan fingerprint density at radius 3 is 2.62 bits per heavy atom. The molecule has 4 heteroatoms. The molecule has 1 heterocycles. The van der Waals surface area contributed by atoms with Crippen molar-refractivity contribution in [3.05, 3.63) is 42.5 Å². The largest absolute Gasteiger partial charge is 0.327 e. The molecule has 21 heavy (non-hydrogen) atoms. The summed E-state index contributed by atoms with van der Waals surface area (Å²) in [7, 11) is 0. The molecule has 0 radical (unpaired) electrons. The van der Waals surface area contributed by atoms with Crippen molar-refractivity contribution in [1.82, 2.24) is 14.8 Å². The molecule has 0 amide bonds. The van der Waals surface area contributed by atoms with Crippen LogP contribution in [0.25, 0.3) is 5.69 Å². The molecule has 3 unspecified atom stereocenters. The van der Waals surface area contributed by atoms with Gasteiger partial charge in [0.2, 0.25) is 0 Å². The van der Waals surface area contributed by atoms with Crippen molar-refractivity contribution in [2.24, 2.45) is 17.1 Å². The Kier molecular flexibility index (Phi) is 3.57. The second kappa shape index (κ2) is 5.26. The summed E-state index contributed by atoms with van der Waals surface area (Å²) in [5.74, 6) is 1.91. The van der Waals surface area contributed by atoms with Crippen LogP contribution in [-0.2, 0) is 0 Å². The second-order valence-electron chi connectivity index (χ2n) is 6.80. The van der Waals surface area contributed by atoms with Crippen molar-refractivity contribution in [2.45, 2.75) is 45.6 Å². The molecule has 1 aromatic carbocycles. The Hall–Kier alpha value is -1.68. The quantitative estimate of drug-likeness (QED) is 0.921. The first-order valence-electron chi connectivity index (χ1n) is 7.72. The van der Waals surface area contributed by atoms with Gasteiger partial charge in [-0.05, 0) is 36.3 Å². The molecular formula is C17H24N4. The van der Waals surface area contributed by atoms with Crippen molar-refractivity contribution in [2.75, 3.05) is 0 Å². The molecule has 4 nitrogen and oxygen atoms in total. The van der Waals surface area contributed by atoms with Crippen molar-refractivity contribution < 1.29 is 0 Å². The molecule has 0 spiro atoms. The van der Waals surface area contributed by atoms with Gasteiger partial charge < -0.3 is 5.73 Å². The topological polar surface area (TPSA) is 56.7 Å². The minimum atomic E-state index is 0.122. The molecule has 3 atom stereocenters. The van der Waals surface area contributed by atoms with Crippen molar-refractivity contribution in [3.8, 4) is 5.69 Å². The molecule has 2 aromatic rings. The third-order valence-corrected chi connectivity index (χ3v) is 5.42. The SMILES string of the molecule is CC1C(N)CCC(c2nncn2-c2ccccc2)C1(C)C. The van der Waals surface area contributed by atoms with Crippen molar-refractivity contribution in [1.29, 1.82) is 0 Å². The van der Waals surface area contributed by atoms with Crippen LogP contribution in [0.5, 0.6) is 0 Å². The number of hydrogen-bond acceptors (Lipinski definition) is 3. The Bertz CT molecular complexity index is 602. The number of aromatic nitrogens is 3. The zero-order valence-electron chi connectivity index (χ0n) is 13.0. The highest BCUT2D eigenvalue weighted by Crippen LogP contribution is 2.49. The van der Waals surface area contributed by atoms with Gasteiger partial charge in [0.05, 0.1) is 0 Å². The van der Waals surface area contributed by atoms with Crippen LogP contribution in [0.1, 0.15) is 45.4 Å². The maximum Gasteiger partial charge on any atom is 0.141 e. The highest BCUT2D eigenvalue weighted by Gasteiger charge is 2.44. The highest BCUT2D eigenvalue weighted by atomic mass is 15.3. The van der Waals surface area contributed by atoms with E-state index in [2.05, 4.69) is 47.7 Å². The van der Waals surface area contributed by atoms with Gasteiger partial charge in [-0.25, -0.2) is 0 Å². The Morgan fingerprint density at radius 1 is 1.19 bits per heavy atom. The van der Waals surface area contributed by atoms with Crippen LogP contribution in [0, 0.1) is 11.3 Å². The van der Waals surface area contributed by atoms with Crippen LogP contribution in [0.4, 0.5) is 0 Å². The minimum Gasteiger partial charge on any atom is -0.327 e. The molecule has 0 aliphatic heterocycles. The monoisotopic (exact) mass is 284 g/mol. The number of para-hydroxylation sites is 1. The van der Waals surface area contributed by atoms with Gasteiger partial charge in [-0.3, -0.25) is 4.57 Å². The van der Waals surface area contributed by atoms with Gasteiger partial charge in [0.1, 0.15) is 12.2 Å². The van der Waals surface area contributed by atoms with E-state index in [1.807, 2.05) is 24.5 Å². The van der Waals surface area contributed by atoms with Crippen LogP contribution in [0.2, 0.25) is 0 Å². The van der Waals surface area contributed by atoms with Crippen LogP contribution in [0.3, 0.4) is 0 Å². The van der Waals surface area contributed by atoms with Crippen molar-refractivity contribution in [3.63, 3.8) is 0 Å². The molecule has 2 N–H and O–H groups in total. The lowest BCUT2D eigenvalue weighted by atomic mass is 9.61. The van der Waals surface area contributed by atoms with Gasteiger partial charge in [0.15, 0.2) is 0 Å². The van der Waals surface area contributed by atoms with Gasteiger partial charge in [-0.2, -0.15) is 0 Å². The summed E-state index contributed by atoms with van der Waals surface area (Å²) >= 11 is 0. The highest BCUT2D eigenvalue weighted by molar-refractivity contribution is 5.33. The Labute approximate surface area is 126 Å². The fourth-order valence-corrected chi connectivity index (χ4v) is 3.58. The summed E-state index contributed by atoms with van der Waals surface area (Å²) < 4.78 is 2.12. The summed E-state index contributed by atoms with van der Waals surface area (Å²) in [6.45, 7) is 6.89. The summed E-state index contributed by atoms with van der Waals surface area (Å²) in [4.78, 5) is 0. The lowest BCUT2D eigenvalue weighted by Gasteiger charge is -2.46. The average molecular weight is 284 g/mol. The molecule has 0 bridgehead atoms. The van der Waals surface area contributed by atoms with Crippen LogP contribution in [-0.4, -0.2) is 20.8 Å². The van der Waals surface area contributed by atoms with E-state index in [1.165, 1.54) is 0 Å². The molecule has 1 fully saturated rings. The van der Waals surface area contributed by atoms with Gasteiger partial charge in [-0.1, -0.05) is 39.0 Å². The van der Waals surface area contributed by atoms with E-state index in [-0.39, 0.29) is 11.5 Å². The summed E-state index contributed by atoms with van der Waals surface area (Å²) in [5.41, 5.74) is 7.52. The molecular weight excluding hydrogens is 260 g/mol. The molecule has 3 rings (SSSR count). The maximum atomic E-state index is 6.28. The van der Waals surface area contributed by atoms with Crippen LogP contribution >= 0.6 is 0 Å². The minimum absolute atomic E-state index is 0.122. The molecule has 1 aliphatic carbocycles. The van der Waals surface area contributed by atoms with Gasteiger partial charge in [0.25, 0.3) is 0 Å². The smallest absolute Gasteiger partial charge is 0.141 e. The van der Waals surface area contributed by atoms with E-state index in [0.29, 0.717) is 11.8 Å². The van der Waals surface area contributed by atoms with E-state index in [1.54, 1.807) is 0 Å². The van der Waals surface area contributed by atoms with Gasteiger partial charge in [-0.15, -0.1) is 10.2 Å². The van der Waals surface area contributed by atoms with E-state index in [4.69, 9.17) is 5.73 Å². The molecule has 1 aromatic heterocycles. The van der Waals surface area contributed by atoms with E-state index >= 15 is 0 Å². The first-order valence-corrected chi connectivity index (χ1v) is 7.72.